The molecule has 0 fully saturated rings. The van der Waals surface area contributed by atoms with Gasteiger partial charge >= 0.3 is 0 Å². The highest BCUT2D eigenvalue weighted by Crippen LogP contribution is 2.16. The van der Waals surface area contributed by atoms with Crippen LogP contribution in [0.1, 0.15) is 39.2 Å². The van der Waals surface area contributed by atoms with Gasteiger partial charge in [0.25, 0.3) is 0 Å². The molecule has 0 radical (unpaired) electrons. The second kappa shape index (κ2) is 7.16. The Morgan fingerprint density at radius 1 is 1.26 bits per heavy atom. The molecule has 0 bridgehead atoms. The summed E-state index contributed by atoms with van der Waals surface area (Å²) in [4.78, 5) is 2.37. The quantitative estimate of drug-likeness (QED) is 0.704. The molecular formula is C16H24N2O. The molecule has 19 heavy (non-hydrogen) atoms. The highest BCUT2D eigenvalue weighted by Gasteiger charge is 2.20. The molecule has 0 amide bonds. The minimum absolute atomic E-state index is 0.244. The van der Waals surface area contributed by atoms with Crippen LogP contribution < -0.4 is 4.74 Å². The Balaban J connectivity index is 2.29. The van der Waals surface area contributed by atoms with Crippen molar-refractivity contribution in [3.8, 4) is 11.8 Å². The third-order valence-electron chi connectivity index (χ3n) is 3.79. The number of nitriles is 1. The Bertz CT molecular complexity index is 417. The van der Waals surface area contributed by atoms with Crippen LogP contribution in [0.4, 0.5) is 0 Å². The van der Waals surface area contributed by atoms with Gasteiger partial charge in [-0.05, 0) is 58.0 Å². The third-order valence-corrected chi connectivity index (χ3v) is 3.79. The predicted octanol–water partition coefficient (Wildman–Crippen LogP) is 3.45. The summed E-state index contributed by atoms with van der Waals surface area (Å²) in [7, 11) is 2.16. The first-order valence-corrected chi connectivity index (χ1v) is 6.84. The maximum Gasteiger partial charge on any atom is 0.119 e. The van der Waals surface area contributed by atoms with Gasteiger partial charge in [-0.3, -0.25) is 0 Å². The molecular weight excluding hydrogens is 236 g/mol. The molecule has 3 heteroatoms. The van der Waals surface area contributed by atoms with Crippen molar-refractivity contribution in [2.75, 3.05) is 20.2 Å². The Kier molecular flexibility index (Phi) is 5.85. The second-order valence-corrected chi connectivity index (χ2v) is 5.43. The lowest BCUT2D eigenvalue weighted by Gasteiger charge is -2.34. The summed E-state index contributed by atoms with van der Waals surface area (Å²) >= 11 is 0. The molecule has 1 aromatic rings. The normalized spacial score (nSPS) is 11.4. The summed E-state index contributed by atoms with van der Waals surface area (Å²) in [6.45, 7) is 8.46. The Morgan fingerprint density at radius 2 is 1.89 bits per heavy atom. The highest BCUT2D eigenvalue weighted by atomic mass is 16.5. The molecule has 0 spiro atoms. The van der Waals surface area contributed by atoms with Crippen molar-refractivity contribution < 1.29 is 4.74 Å². The number of ether oxygens (including phenoxy) is 1. The van der Waals surface area contributed by atoms with Gasteiger partial charge in [0.1, 0.15) is 5.75 Å². The number of rotatable bonds is 7. The van der Waals surface area contributed by atoms with E-state index in [-0.39, 0.29) is 5.54 Å². The van der Waals surface area contributed by atoms with Gasteiger partial charge in [-0.25, -0.2) is 0 Å². The highest BCUT2D eigenvalue weighted by molar-refractivity contribution is 5.34. The van der Waals surface area contributed by atoms with E-state index in [9.17, 15) is 0 Å². The van der Waals surface area contributed by atoms with E-state index >= 15 is 0 Å². The molecule has 0 aliphatic rings. The van der Waals surface area contributed by atoms with Crippen molar-refractivity contribution >= 4 is 0 Å². The number of benzene rings is 1. The van der Waals surface area contributed by atoms with Gasteiger partial charge in [-0.15, -0.1) is 0 Å². The fourth-order valence-electron chi connectivity index (χ4n) is 1.69. The van der Waals surface area contributed by atoms with E-state index in [2.05, 4.69) is 38.8 Å². The van der Waals surface area contributed by atoms with Crippen molar-refractivity contribution in [3.05, 3.63) is 29.8 Å². The Morgan fingerprint density at radius 3 is 2.42 bits per heavy atom. The second-order valence-electron chi connectivity index (χ2n) is 5.43. The average molecular weight is 260 g/mol. The Hall–Kier alpha value is -1.53. The van der Waals surface area contributed by atoms with Crippen LogP contribution in [0.5, 0.6) is 5.75 Å². The van der Waals surface area contributed by atoms with Crippen molar-refractivity contribution in [1.82, 2.24) is 4.90 Å². The van der Waals surface area contributed by atoms with Crippen molar-refractivity contribution in [3.63, 3.8) is 0 Å². The molecule has 0 saturated carbocycles. The van der Waals surface area contributed by atoms with Gasteiger partial charge in [0, 0.05) is 12.1 Å². The first kappa shape index (κ1) is 15.5. The zero-order chi connectivity index (χ0) is 14.3. The van der Waals surface area contributed by atoms with Crippen molar-refractivity contribution in [1.29, 1.82) is 5.26 Å². The van der Waals surface area contributed by atoms with Gasteiger partial charge in [-0.2, -0.15) is 5.26 Å². The lowest BCUT2D eigenvalue weighted by Crippen LogP contribution is -2.41. The standard InChI is InChI=1S/C16H24N2O/c1-5-16(2,3)18(4)11-6-12-19-15-9-7-14(13-17)8-10-15/h7-10H,5-6,11-12H2,1-4H3. The zero-order valence-electron chi connectivity index (χ0n) is 12.4. The third kappa shape index (κ3) is 4.92. The van der Waals surface area contributed by atoms with Gasteiger partial charge in [-0.1, -0.05) is 6.92 Å². The predicted molar refractivity (Wildman–Crippen MR) is 78.3 cm³/mol. The largest absolute Gasteiger partial charge is 0.494 e. The summed E-state index contributed by atoms with van der Waals surface area (Å²) in [5, 5.41) is 8.71. The van der Waals surface area contributed by atoms with Crippen LogP contribution in [-0.2, 0) is 0 Å². The smallest absolute Gasteiger partial charge is 0.119 e. The van der Waals surface area contributed by atoms with Crippen molar-refractivity contribution in [2.24, 2.45) is 0 Å². The molecule has 1 rings (SSSR count). The summed E-state index contributed by atoms with van der Waals surface area (Å²) in [5.74, 6) is 0.830. The van der Waals surface area contributed by atoms with Crippen LogP contribution in [0, 0.1) is 11.3 Å². The van der Waals surface area contributed by atoms with Crippen LogP contribution >= 0.6 is 0 Å². The van der Waals surface area contributed by atoms with Gasteiger partial charge in [0.2, 0.25) is 0 Å². The molecule has 0 aliphatic heterocycles. The minimum Gasteiger partial charge on any atom is -0.494 e. The van der Waals surface area contributed by atoms with Crippen LogP contribution in [0.2, 0.25) is 0 Å². The average Bonchev–Trinajstić information content (AvgIpc) is 2.43. The van der Waals surface area contributed by atoms with E-state index in [4.69, 9.17) is 10.00 Å². The lowest BCUT2D eigenvalue weighted by atomic mass is 10.00. The van der Waals surface area contributed by atoms with Gasteiger partial charge in [0.05, 0.1) is 18.2 Å². The summed E-state index contributed by atoms with van der Waals surface area (Å²) in [5.41, 5.74) is 0.908. The molecule has 3 nitrogen and oxygen atoms in total. The first-order chi connectivity index (χ1) is 8.99. The lowest BCUT2D eigenvalue weighted by molar-refractivity contribution is 0.140. The van der Waals surface area contributed by atoms with Gasteiger partial charge < -0.3 is 9.64 Å². The van der Waals surface area contributed by atoms with E-state index in [0.29, 0.717) is 12.2 Å². The minimum atomic E-state index is 0.244. The van der Waals surface area contributed by atoms with E-state index < -0.39 is 0 Å². The fraction of sp³-hybridized carbons (Fsp3) is 0.562. The van der Waals surface area contributed by atoms with Crippen molar-refractivity contribution in [2.45, 2.75) is 39.2 Å². The number of nitrogens with zero attached hydrogens (tertiary/aromatic N) is 2. The van der Waals surface area contributed by atoms with E-state index in [1.807, 2.05) is 12.1 Å². The monoisotopic (exact) mass is 260 g/mol. The van der Waals surface area contributed by atoms with Gasteiger partial charge in [0.15, 0.2) is 0 Å². The number of hydrogen-bond donors (Lipinski definition) is 0. The first-order valence-electron chi connectivity index (χ1n) is 6.84. The van der Waals surface area contributed by atoms with Crippen LogP contribution in [0.15, 0.2) is 24.3 Å². The van der Waals surface area contributed by atoms with Crippen LogP contribution in [0.25, 0.3) is 0 Å². The van der Waals surface area contributed by atoms with E-state index in [0.717, 1.165) is 25.1 Å². The molecule has 0 aliphatic carbocycles. The van der Waals surface area contributed by atoms with Crippen LogP contribution in [-0.4, -0.2) is 30.6 Å². The summed E-state index contributed by atoms with van der Waals surface area (Å²) < 4.78 is 5.67. The maximum atomic E-state index is 8.71. The summed E-state index contributed by atoms with van der Waals surface area (Å²) in [6, 6.07) is 9.35. The molecule has 1 aromatic carbocycles. The van der Waals surface area contributed by atoms with Crippen LogP contribution in [0.3, 0.4) is 0 Å². The summed E-state index contributed by atoms with van der Waals surface area (Å²) in [6.07, 6.45) is 2.14. The molecule has 104 valence electrons. The molecule has 0 heterocycles. The Labute approximate surface area is 116 Å². The topological polar surface area (TPSA) is 36.3 Å². The fourth-order valence-corrected chi connectivity index (χ4v) is 1.69. The molecule has 0 saturated heterocycles. The molecule has 0 atom stereocenters. The SMILES string of the molecule is CCC(C)(C)N(C)CCCOc1ccc(C#N)cc1. The zero-order valence-corrected chi connectivity index (χ0v) is 12.4. The maximum absolute atomic E-state index is 8.71. The molecule has 0 unspecified atom stereocenters. The number of hydrogen-bond acceptors (Lipinski definition) is 3. The van der Waals surface area contributed by atoms with E-state index in [1.54, 1.807) is 12.1 Å². The van der Waals surface area contributed by atoms with E-state index in [1.165, 1.54) is 0 Å². The molecule has 0 aromatic heterocycles. The molecule has 0 N–H and O–H groups in total.